The lowest BCUT2D eigenvalue weighted by atomic mass is 9.98. The van der Waals surface area contributed by atoms with Crippen LogP contribution in [-0.4, -0.2) is 4.40 Å². The van der Waals surface area contributed by atoms with Gasteiger partial charge in [-0.3, -0.25) is 0 Å². The molecule has 0 fully saturated rings. The molecule has 0 aliphatic carbocycles. The summed E-state index contributed by atoms with van der Waals surface area (Å²) in [5.41, 5.74) is 22.0. The first-order chi connectivity index (χ1) is 43.0. The van der Waals surface area contributed by atoms with E-state index < -0.39 is 0 Å². The fraction of sp³-hybridized carbons (Fsp3) is 0.0250. The van der Waals surface area contributed by atoms with Gasteiger partial charge >= 0.3 is 0 Å². The summed E-state index contributed by atoms with van der Waals surface area (Å²) in [7, 11) is 0. The van der Waals surface area contributed by atoms with Gasteiger partial charge in [-0.2, -0.15) is 0 Å². The van der Waals surface area contributed by atoms with Crippen molar-refractivity contribution in [2.75, 3.05) is 9.80 Å². The van der Waals surface area contributed by atoms with Crippen molar-refractivity contribution in [2.45, 2.75) is 13.8 Å². The van der Waals surface area contributed by atoms with Gasteiger partial charge in [0, 0.05) is 87.1 Å². The van der Waals surface area contributed by atoms with E-state index in [0.29, 0.717) is 0 Å². The van der Waals surface area contributed by atoms with Gasteiger partial charge in [-0.25, -0.2) is 0 Å². The van der Waals surface area contributed by atoms with Crippen LogP contribution in [0.3, 0.4) is 0 Å². The number of rotatable bonds is 8. The number of aryl methyl sites for hydroxylation is 2. The van der Waals surface area contributed by atoms with Crippen LogP contribution in [0.1, 0.15) is 11.1 Å². The van der Waals surface area contributed by atoms with Crippen molar-refractivity contribution in [3.8, 4) is 22.3 Å². The van der Waals surface area contributed by atoms with Crippen molar-refractivity contribution in [3.05, 3.63) is 272 Å². The van der Waals surface area contributed by atoms with Gasteiger partial charge in [-0.05, 0) is 96.8 Å². The van der Waals surface area contributed by atoms with Crippen molar-refractivity contribution in [1.29, 1.82) is 0 Å². The highest BCUT2D eigenvalue weighted by atomic mass is 16.3. The quantitative estimate of drug-likeness (QED) is 0.151. The second-order valence-corrected chi connectivity index (χ2v) is 23.1. The normalized spacial score (nSPS) is 12.3. The molecule has 6 aromatic heterocycles. The molecule has 7 heteroatoms. The van der Waals surface area contributed by atoms with Crippen LogP contribution in [-0.2, 0) is 0 Å². The molecule has 19 aromatic rings. The number of furan rings is 4. The number of aromatic nitrogens is 1. The lowest BCUT2D eigenvalue weighted by Crippen LogP contribution is -2.11. The molecule has 0 saturated carbocycles. The average Bonchev–Trinajstić information content (AvgIpc) is 1.56. The fourth-order valence-electron chi connectivity index (χ4n) is 14.6. The van der Waals surface area contributed by atoms with Gasteiger partial charge in [-0.15, -0.1) is 0 Å². The van der Waals surface area contributed by atoms with Crippen molar-refractivity contribution in [3.63, 3.8) is 0 Å². The topological polar surface area (TPSA) is 63.5 Å². The Hall–Kier alpha value is -11.5. The monoisotopic (exact) mass is 1120 g/mol. The van der Waals surface area contributed by atoms with E-state index in [2.05, 4.69) is 289 Å². The molecule has 0 saturated heterocycles. The highest BCUT2D eigenvalue weighted by Crippen LogP contribution is 2.56. The molecular formula is C80H49N3O4. The van der Waals surface area contributed by atoms with Crippen LogP contribution in [0, 0.1) is 13.8 Å². The molecule has 0 aliphatic heterocycles. The summed E-state index contributed by atoms with van der Waals surface area (Å²) in [6.45, 7) is 4.33. The van der Waals surface area contributed by atoms with Crippen molar-refractivity contribution in [1.82, 2.24) is 4.40 Å². The van der Waals surface area contributed by atoms with E-state index in [9.17, 15) is 0 Å². The van der Waals surface area contributed by atoms with Gasteiger partial charge in [0.1, 0.15) is 33.4 Å². The minimum atomic E-state index is 0.786. The van der Waals surface area contributed by atoms with E-state index in [1.165, 1.54) is 11.1 Å². The molecule has 0 radical (unpaired) electrons. The van der Waals surface area contributed by atoms with Crippen molar-refractivity contribution < 1.29 is 17.7 Å². The van der Waals surface area contributed by atoms with Crippen LogP contribution in [0.25, 0.3) is 148 Å². The maximum absolute atomic E-state index is 7.34. The lowest BCUT2D eigenvalue weighted by molar-refractivity contribution is 0.669. The molecule has 87 heavy (non-hydrogen) atoms. The van der Waals surface area contributed by atoms with E-state index in [-0.39, 0.29) is 0 Å². The van der Waals surface area contributed by atoms with Gasteiger partial charge in [0.05, 0.1) is 28.3 Å². The third-order valence-corrected chi connectivity index (χ3v) is 18.4. The highest BCUT2D eigenvalue weighted by Gasteiger charge is 2.33. The zero-order chi connectivity index (χ0) is 57.2. The smallest absolute Gasteiger partial charge is 0.160 e. The molecule has 0 atom stereocenters. The minimum absolute atomic E-state index is 0.786. The number of hydrogen-bond acceptors (Lipinski definition) is 6. The summed E-state index contributed by atoms with van der Waals surface area (Å²) in [6.07, 6.45) is 0. The zero-order valence-corrected chi connectivity index (χ0v) is 47.3. The van der Waals surface area contributed by atoms with Crippen molar-refractivity contribution in [2.24, 2.45) is 0 Å². The van der Waals surface area contributed by atoms with Gasteiger partial charge in [0.2, 0.25) is 0 Å². The molecule has 0 bridgehead atoms. The SMILES string of the molecule is Cc1ccccc1-c1cccc2c1oc1c(N(c3ccccc3)c3cc4c5ccccc5oc4c4c3c3cccc5c6c(N(c7ccccc7)c7cccc8c7oc7c(-c9ccccc9C)cccc78)cc7c8ccccc8oc7c6n4c35)cccc12. The first kappa shape index (κ1) is 47.9. The molecule has 0 amide bonds. The Kier molecular flexibility index (Phi) is 9.90. The maximum Gasteiger partial charge on any atom is 0.160 e. The Morgan fingerprint density at radius 2 is 0.609 bits per heavy atom. The average molecular weight is 1120 g/mol. The van der Waals surface area contributed by atoms with E-state index >= 15 is 0 Å². The largest absolute Gasteiger partial charge is 0.454 e. The van der Waals surface area contributed by atoms with Crippen molar-refractivity contribution >= 4 is 160 Å². The van der Waals surface area contributed by atoms with Crippen LogP contribution in [0.5, 0.6) is 0 Å². The minimum Gasteiger partial charge on any atom is -0.454 e. The van der Waals surface area contributed by atoms with E-state index in [1.54, 1.807) is 0 Å². The maximum atomic E-state index is 7.34. The summed E-state index contributed by atoms with van der Waals surface area (Å²) < 4.78 is 31.8. The fourth-order valence-corrected chi connectivity index (χ4v) is 14.6. The number of benzene rings is 13. The Morgan fingerprint density at radius 1 is 0.253 bits per heavy atom. The zero-order valence-electron chi connectivity index (χ0n) is 47.3. The summed E-state index contributed by atoms with van der Waals surface area (Å²) >= 11 is 0. The predicted octanol–water partition coefficient (Wildman–Crippen LogP) is 23.3. The van der Waals surface area contributed by atoms with E-state index in [4.69, 9.17) is 17.7 Å². The Bertz CT molecular complexity index is 5690. The lowest BCUT2D eigenvalue weighted by Gasteiger charge is -2.27. The molecule has 13 aromatic carbocycles. The molecule has 0 spiro atoms. The summed E-state index contributed by atoms with van der Waals surface area (Å²) in [5.74, 6) is 0. The van der Waals surface area contributed by atoms with E-state index in [0.717, 1.165) is 182 Å². The number of para-hydroxylation sites is 9. The summed E-state index contributed by atoms with van der Waals surface area (Å²) in [5, 5.41) is 12.4. The van der Waals surface area contributed by atoms with Gasteiger partial charge in [0.25, 0.3) is 0 Å². The molecular weight excluding hydrogens is 1070 g/mol. The number of nitrogens with zero attached hydrogens (tertiary/aromatic N) is 3. The van der Waals surface area contributed by atoms with Crippen LogP contribution in [0.4, 0.5) is 34.1 Å². The Labute approximate surface area is 497 Å². The van der Waals surface area contributed by atoms with Crippen LogP contribution >= 0.6 is 0 Å². The number of hydrogen-bond donors (Lipinski definition) is 0. The predicted molar refractivity (Wildman–Crippen MR) is 360 cm³/mol. The number of fused-ring (bicyclic) bond motifs is 20. The third-order valence-electron chi connectivity index (χ3n) is 18.4. The van der Waals surface area contributed by atoms with Gasteiger partial charge in [-0.1, -0.05) is 200 Å². The second kappa shape index (κ2) is 18.0. The molecule has 0 N–H and O–H groups in total. The first-order valence-corrected chi connectivity index (χ1v) is 29.7. The molecule has 6 heterocycles. The van der Waals surface area contributed by atoms with Crippen LogP contribution in [0.15, 0.2) is 279 Å². The Morgan fingerprint density at radius 3 is 1.07 bits per heavy atom. The summed E-state index contributed by atoms with van der Waals surface area (Å²) in [6, 6.07) is 93.0. The van der Waals surface area contributed by atoms with Crippen LogP contribution in [0.2, 0.25) is 0 Å². The molecule has 408 valence electrons. The molecule has 7 nitrogen and oxygen atoms in total. The molecule has 19 rings (SSSR count). The standard InChI is InChI=1S/C80H49N3O4/c1-46-22-9-11-28-50(46)54-32-17-34-56-58-36-20-40-64(77(58)86-75(54)56)81(48-24-5-3-6-25-48)66-44-62-52-30-13-15-42-68(52)84-79(62)73-70(66)60-38-19-39-61-71-67(45-63-53-31-14-16-43-69(53)85-80(63)74(71)83(73)72(60)61)82(49-26-7-4-8-27-49)65-41-21-37-59-57-35-18-33-55(76(57)87-78(59)65)51-29-12-10-23-47(51)2/h3-45H,1-2H3. The molecule has 0 aliphatic rings. The van der Waals surface area contributed by atoms with Crippen LogP contribution < -0.4 is 9.80 Å². The third kappa shape index (κ3) is 6.65. The first-order valence-electron chi connectivity index (χ1n) is 29.7. The van der Waals surface area contributed by atoms with E-state index in [1.807, 2.05) is 0 Å². The summed E-state index contributed by atoms with van der Waals surface area (Å²) in [4.78, 5) is 4.81. The second-order valence-electron chi connectivity index (χ2n) is 23.1. The van der Waals surface area contributed by atoms with Gasteiger partial charge < -0.3 is 31.9 Å². The van der Waals surface area contributed by atoms with Gasteiger partial charge in [0.15, 0.2) is 22.3 Å². The number of anilines is 6. The highest BCUT2D eigenvalue weighted by molar-refractivity contribution is 6.36. The Balaban J connectivity index is 0.963. The molecule has 0 unspecified atom stereocenters.